The second-order valence-corrected chi connectivity index (χ2v) is 2.63. The number of hydrogen-bond acceptors (Lipinski definition) is 3. The van der Waals surface area contributed by atoms with Gasteiger partial charge in [-0.25, -0.2) is 0 Å². The fourth-order valence-corrected chi connectivity index (χ4v) is 1.07. The first-order valence-electron chi connectivity index (χ1n) is 3.03. The Balaban J connectivity index is 3.40. The Morgan fingerprint density at radius 2 is 2.36 bits per heavy atom. The molecule has 0 aromatic carbocycles. The van der Waals surface area contributed by atoms with Crippen LogP contribution >= 0.6 is 12.6 Å². The Morgan fingerprint density at radius 1 is 1.73 bits per heavy atom. The fourth-order valence-electron chi connectivity index (χ4n) is 0.790. The molecule has 0 atom stereocenters. The minimum Gasteiger partial charge on any atom is -0.618 e. The van der Waals surface area contributed by atoms with Gasteiger partial charge in [-0.1, -0.05) is 0 Å². The van der Waals surface area contributed by atoms with Crippen molar-refractivity contribution in [1.29, 1.82) is 0 Å². The van der Waals surface area contributed by atoms with E-state index in [0.29, 0.717) is 27.2 Å². The molecule has 1 rings (SSSR count). The predicted octanol–water partition coefficient (Wildman–Crippen LogP) is 0.730. The summed E-state index contributed by atoms with van der Waals surface area (Å²) < 4.78 is 0.642. The number of aromatic nitrogens is 1. The van der Waals surface area contributed by atoms with Gasteiger partial charge in [-0.3, -0.25) is 4.79 Å². The molecule has 4 heteroatoms. The van der Waals surface area contributed by atoms with E-state index in [1.165, 1.54) is 12.3 Å². The second-order valence-electron chi connectivity index (χ2n) is 2.14. The van der Waals surface area contributed by atoms with Gasteiger partial charge in [-0.15, -0.1) is 12.6 Å². The van der Waals surface area contributed by atoms with Crippen molar-refractivity contribution in [3.8, 4) is 0 Å². The Hall–Kier alpha value is -1.03. The van der Waals surface area contributed by atoms with Gasteiger partial charge in [0, 0.05) is 17.9 Å². The zero-order valence-electron chi connectivity index (χ0n) is 5.94. The number of carbonyl (C=O) groups is 1. The summed E-state index contributed by atoms with van der Waals surface area (Å²) in [6.45, 7) is 1.58. The molecule has 0 amide bonds. The van der Waals surface area contributed by atoms with Gasteiger partial charge in [0.25, 0.3) is 0 Å². The third-order valence-corrected chi connectivity index (χ3v) is 1.87. The SMILES string of the molecule is Cc1c(C=O)c(S)cc[n+]1[O-]. The van der Waals surface area contributed by atoms with E-state index in [4.69, 9.17) is 0 Å². The van der Waals surface area contributed by atoms with Crippen molar-refractivity contribution in [3.63, 3.8) is 0 Å². The van der Waals surface area contributed by atoms with Crippen molar-refractivity contribution < 1.29 is 9.52 Å². The predicted molar refractivity (Wildman–Crippen MR) is 42.8 cm³/mol. The van der Waals surface area contributed by atoms with Gasteiger partial charge in [0.15, 0.2) is 12.5 Å². The molecule has 1 heterocycles. The first-order chi connectivity index (χ1) is 5.16. The van der Waals surface area contributed by atoms with Crippen LogP contribution in [0.25, 0.3) is 0 Å². The quantitative estimate of drug-likeness (QED) is 0.291. The molecular weight excluding hydrogens is 162 g/mol. The highest BCUT2D eigenvalue weighted by Crippen LogP contribution is 2.11. The zero-order valence-corrected chi connectivity index (χ0v) is 6.84. The summed E-state index contributed by atoms with van der Waals surface area (Å²) in [6, 6.07) is 1.49. The molecule has 0 unspecified atom stereocenters. The topological polar surface area (TPSA) is 44.0 Å². The van der Waals surface area contributed by atoms with Gasteiger partial charge in [0.2, 0.25) is 5.69 Å². The van der Waals surface area contributed by atoms with Crippen molar-refractivity contribution in [3.05, 3.63) is 28.7 Å². The van der Waals surface area contributed by atoms with Crippen LogP contribution in [0.3, 0.4) is 0 Å². The summed E-state index contributed by atoms with van der Waals surface area (Å²) in [7, 11) is 0. The van der Waals surface area contributed by atoms with Crippen LogP contribution in [0.1, 0.15) is 16.1 Å². The van der Waals surface area contributed by atoms with Crippen LogP contribution in [0.5, 0.6) is 0 Å². The zero-order chi connectivity index (χ0) is 8.43. The highest BCUT2D eigenvalue weighted by Gasteiger charge is 2.08. The summed E-state index contributed by atoms with van der Waals surface area (Å²) >= 11 is 4.01. The lowest BCUT2D eigenvalue weighted by molar-refractivity contribution is -0.612. The smallest absolute Gasteiger partial charge is 0.201 e. The summed E-state index contributed by atoms with van der Waals surface area (Å²) in [5.41, 5.74) is 0.735. The molecule has 0 N–H and O–H groups in total. The lowest BCUT2D eigenvalue weighted by atomic mass is 10.2. The van der Waals surface area contributed by atoms with E-state index in [2.05, 4.69) is 12.6 Å². The van der Waals surface area contributed by atoms with Gasteiger partial charge in [-0.05, 0) is 0 Å². The minimum absolute atomic E-state index is 0.353. The van der Waals surface area contributed by atoms with Crippen molar-refractivity contribution in [2.45, 2.75) is 11.8 Å². The Kier molecular flexibility index (Phi) is 2.14. The van der Waals surface area contributed by atoms with Crippen LogP contribution in [0.15, 0.2) is 17.2 Å². The number of hydrogen-bond donors (Lipinski definition) is 1. The van der Waals surface area contributed by atoms with Crippen LogP contribution in [-0.2, 0) is 0 Å². The molecule has 0 fully saturated rings. The van der Waals surface area contributed by atoms with Gasteiger partial charge < -0.3 is 5.21 Å². The van der Waals surface area contributed by atoms with E-state index in [0.717, 1.165) is 0 Å². The van der Waals surface area contributed by atoms with Gasteiger partial charge in [0.1, 0.15) is 0 Å². The molecule has 1 aromatic heterocycles. The van der Waals surface area contributed by atoms with Crippen LogP contribution in [-0.4, -0.2) is 6.29 Å². The molecule has 0 aliphatic heterocycles. The summed E-state index contributed by atoms with van der Waals surface area (Å²) in [5.74, 6) is 0. The highest BCUT2D eigenvalue weighted by atomic mass is 32.1. The van der Waals surface area contributed by atoms with Gasteiger partial charge in [0.05, 0.1) is 5.56 Å². The number of pyridine rings is 1. The fraction of sp³-hybridized carbons (Fsp3) is 0.143. The number of carbonyl (C=O) groups excluding carboxylic acids is 1. The summed E-state index contributed by atoms with van der Waals surface area (Å²) in [5, 5.41) is 10.9. The number of aldehydes is 1. The maximum atomic E-state index is 10.9. The average Bonchev–Trinajstić information content (AvgIpc) is 1.99. The summed E-state index contributed by atoms with van der Waals surface area (Å²) in [4.78, 5) is 10.9. The monoisotopic (exact) mass is 169 g/mol. The third kappa shape index (κ3) is 1.35. The van der Waals surface area contributed by atoms with E-state index < -0.39 is 0 Å². The first-order valence-corrected chi connectivity index (χ1v) is 3.48. The number of nitrogens with zero attached hydrogens (tertiary/aromatic N) is 1. The van der Waals surface area contributed by atoms with E-state index in [1.54, 1.807) is 6.92 Å². The molecule has 0 aliphatic carbocycles. The van der Waals surface area contributed by atoms with E-state index in [-0.39, 0.29) is 0 Å². The van der Waals surface area contributed by atoms with Crippen LogP contribution in [0, 0.1) is 12.1 Å². The maximum Gasteiger partial charge on any atom is 0.201 e. The standard InChI is InChI=1S/C7H7NO2S/c1-5-6(4-9)7(11)2-3-8(5)10/h2-4,11H,1H3. The van der Waals surface area contributed by atoms with Crippen molar-refractivity contribution in [1.82, 2.24) is 0 Å². The van der Waals surface area contributed by atoms with Crippen molar-refractivity contribution in [2.24, 2.45) is 0 Å². The molecular formula is C7H7NO2S. The molecule has 58 valence electrons. The van der Waals surface area contributed by atoms with Crippen molar-refractivity contribution in [2.75, 3.05) is 0 Å². The summed E-state index contributed by atoms with van der Waals surface area (Å²) in [6.07, 6.45) is 1.96. The van der Waals surface area contributed by atoms with Crippen LogP contribution in [0.4, 0.5) is 0 Å². The Labute approximate surface area is 69.7 Å². The highest BCUT2D eigenvalue weighted by molar-refractivity contribution is 7.80. The van der Waals surface area contributed by atoms with Gasteiger partial charge >= 0.3 is 0 Å². The molecule has 3 nitrogen and oxygen atoms in total. The first kappa shape index (κ1) is 8.07. The lowest BCUT2D eigenvalue weighted by Crippen LogP contribution is -2.30. The van der Waals surface area contributed by atoms with Crippen molar-refractivity contribution >= 4 is 18.9 Å². The molecule has 0 spiro atoms. The molecule has 11 heavy (non-hydrogen) atoms. The van der Waals surface area contributed by atoms with Crippen LogP contribution in [0.2, 0.25) is 0 Å². The Morgan fingerprint density at radius 3 is 2.82 bits per heavy atom. The number of thiol groups is 1. The minimum atomic E-state index is 0.353. The second kappa shape index (κ2) is 2.92. The average molecular weight is 169 g/mol. The molecule has 0 saturated heterocycles. The normalized spacial score (nSPS) is 9.64. The van der Waals surface area contributed by atoms with Gasteiger partial charge in [-0.2, -0.15) is 4.73 Å². The molecule has 0 aliphatic rings. The maximum absolute atomic E-state index is 10.9. The molecule has 1 aromatic rings. The third-order valence-electron chi connectivity index (χ3n) is 1.48. The Bertz CT molecular complexity index is 299. The van der Waals surface area contributed by atoms with Crippen LogP contribution < -0.4 is 4.73 Å². The molecule has 0 saturated carbocycles. The molecule has 0 bridgehead atoms. The van der Waals surface area contributed by atoms with E-state index in [1.807, 2.05) is 0 Å². The van der Waals surface area contributed by atoms with E-state index >= 15 is 0 Å². The molecule has 0 radical (unpaired) electrons. The van der Waals surface area contributed by atoms with E-state index in [9.17, 15) is 10.0 Å². The number of rotatable bonds is 1. The lowest BCUT2D eigenvalue weighted by Gasteiger charge is -2.02. The largest absolute Gasteiger partial charge is 0.618 e.